The molecule has 1 saturated carbocycles. The number of ketones is 1. The van der Waals surface area contributed by atoms with Gasteiger partial charge >= 0.3 is 0 Å². The zero-order valence-corrected chi connectivity index (χ0v) is 9.48. The van der Waals surface area contributed by atoms with Gasteiger partial charge in [-0.2, -0.15) is 0 Å². The molecule has 16 heavy (non-hydrogen) atoms. The molecule has 0 aliphatic heterocycles. The minimum absolute atomic E-state index is 0.154. The molecule has 1 aromatic rings. The number of carbonyl (C=O) groups excluding carboxylic acids is 1. The number of methoxy groups -OCH3 is 1. The molecule has 0 heterocycles. The molecular formula is C14H16O2. The molecule has 2 aliphatic carbocycles. The molecule has 0 spiro atoms. The van der Waals surface area contributed by atoms with E-state index in [9.17, 15) is 4.79 Å². The van der Waals surface area contributed by atoms with Gasteiger partial charge in [0, 0.05) is 13.5 Å². The van der Waals surface area contributed by atoms with Crippen molar-refractivity contribution < 1.29 is 9.53 Å². The molecule has 2 heteroatoms. The summed E-state index contributed by atoms with van der Waals surface area (Å²) >= 11 is 0. The smallest absolute Gasteiger partial charge is 0.162 e. The van der Waals surface area contributed by atoms with Crippen molar-refractivity contribution in [1.29, 1.82) is 0 Å². The van der Waals surface area contributed by atoms with Crippen molar-refractivity contribution in [3.63, 3.8) is 0 Å². The second-order valence-electron chi connectivity index (χ2n) is 4.93. The van der Waals surface area contributed by atoms with Crippen LogP contribution in [0.4, 0.5) is 0 Å². The monoisotopic (exact) mass is 216 g/mol. The molecule has 3 unspecified atom stereocenters. The lowest BCUT2D eigenvalue weighted by atomic mass is 9.77. The Kier molecular flexibility index (Phi) is 2.32. The van der Waals surface area contributed by atoms with Crippen molar-refractivity contribution in [3.8, 4) is 0 Å². The Morgan fingerprint density at radius 1 is 1.12 bits per heavy atom. The molecule has 0 radical (unpaired) electrons. The first-order valence-corrected chi connectivity index (χ1v) is 5.92. The Labute approximate surface area is 95.6 Å². The van der Waals surface area contributed by atoms with Gasteiger partial charge in [-0.15, -0.1) is 0 Å². The van der Waals surface area contributed by atoms with E-state index < -0.39 is 0 Å². The fraction of sp³-hybridized carbons (Fsp3) is 0.500. The van der Waals surface area contributed by atoms with Crippen molar-refractivity contribution in [2.24, 2.45) is 11.8 Å². The van der Waals surface area contributed by atoms with Gasteiger partial charge in [-0.1, -0.05) is 24.3 Å². The molecule has 1 fully saturated rings. The SMILES string of the molecule is COC1C(=O)CC2Cc3ccccc3CC21. The highest BCUT2D eigenvalue weighted by atomic mass is 16.5. The summed E-state index contributed by atoms with van der Waals surface area (Å²) in [7, 11) is 1.66. The number of rotatable bonds is 1. The average Bonchev–Trinajstić information content (AvgIpc) is 2.60. The molecule has 1 aromatic carbocycles. The van der Waals surface area contributed by atoms with E-state index in [2.05, 4.69) is 24.3 Å². The molecule has 84 valence electrons. The van der Waals surface area contributed by atoms with Crippen LogP contribution in [0.25, 0.3) is 0 Å². The Morgan fingerprint density at radius 3 is 2.50 bits per heavy atom. The third kappa shape index (κ3) is 1.40. The fourth-order valence-electron chi connectivity index (χ4n) is 3.31. The number of carbonyl (C=O) groups is 1. The predicted octanol–water partition coefficient (Wildman–Crippen LogP) is 2.01. The molecule has 0 bridgehead atoms. The minimum Gasteiger partial charge on any atom is -0.373 e. The van der Waals surface area contributed by atoms with E-state index in [0.717, 1.165) is 12.8 Å². The van der Waals surface area contributed by atoms with Crippen LogP contribution in [0.15, 0.2) is 24.3 Å². The average molecular weight is 216 g/mol. The van der Waals surface area contributed by atoms with Gasteiger partial charge in [-0.25, -0.2) is 0 Å². The van der Waals surface area contributed by atoms with Gasteiger partial charge in [0.25, 0.3) is 0 Å². The molecular weight excluding hydrogens is 200 g/mol. The molecule has 0 aromatic heterocycles. The van der Waals surface area contributed by atoms with Gasteiger partial charge in [0.05, 0.1) is 0 Å². The number of benzene rings is 1. The van der Waals surface area contributed by atoms with Crippen molar-refractivity contribution in [2.75, 3.05) is 7.11 Å². The van der Waals surface area contributed by atoms with Crippen molar-refractivity contribution in [2.45, 2.75) is 25.4 Å². The van der Waals surface area contributed by atoms with Gasteiger partial charge in [0.2, 0.25) is 0 Å². The lowest BCUT2D eigenvalue weighted by molar-refractivity contribution is -0.127. The molecule has 3 rings (SSSR count). The number of ether oxygens (including phenoxy) is 1. The summed E-state index contributed by atoms with van der Waals surface area (Å²) in [6.07, 6.45) is 2.60. The molecule has 0 N–H and O–H groups in total. The largest absolute Gasteiger partial charge is 0.373 e. The standard InChI is InChI=1S/C14H16O2/c1-16-14-12-7-10-5-3-2-4-9(10)6-11(12)8-13(14)15/h2-5,11-12,14H,6-8H2,1H3. The minimum atomic E-state index is -0.154. The third-order valence-electron chi connectivity index (χ3n) is 4.09. The summed E-state index contributed by atoms with van der Waals surface area (Å²) in [5.41, 5.74) is 2.83. The summed E-state index contributed by atoms with van der Waals surface area (Å²) in [4.78, 5) is 11.8. The Bertz CT molecular complexity index is 424. The summed E-state index contributed by atoms with van der Waals surface area (Å²) in [6, 6.07) is 8.54. The Morgan fingerprint density at radius 2 is 1.81 bits per heavy atom. The topological polar surface area (TPSA) is 26.3 Å². The maximum absolute atomic E-state index is 11.8. The quantitative estimate of drug-likeness (QED) is 0.717. The highest BCUT2D eigenvalue weighted by molar-refractivity contribution is 5.86. The number of hydrogen-bond donors (Lipinski definition) is 0. The van der Waals surface area contributed by atoms with Gasteiger partial charge in [-0.3, -0.25) is 4.79 Å². The Hall–Kier alpha value is -1.15. The first-order chi connectivity index (χ1) is 7.79. The van der Waals surface area contributed by atoms with Gasteiger partial charge in [0.15, 0.2) is 5.78 Å². The first-order valence-electron chi connectivity index (χ1n) is 5.92. The van der Waals surface area contributed by atoms with Crippen LogP contribution in [-0.4, -0.2) is 19.0 Å². The van der Waals surface area contributed by atoms with Gasteiger partial charge < -0.3 is 4.74 Å². The highest BCUT2D eigenvalue weighted by Crippen LogP contribution is 2.40. The fourth-order valence-corrected chi connectivity index (χ4v) is 3.31. The van der Waals surface area contributed by atoms with E-state index in [0.29, 0.717) is 24.0 Å². The van der Waals surface area contributed by atoms with Gasteiger partial charge in [-0.05, 0) is 35.8 Å². The summed E-state index contributed by atoms with van der Waals surface area (Å²) in [5, 5.41) is 0. The van der Waals surface area contributed by atoms with Crippen molar-refractivity contribution in [1.82, 2.24) is 0 Å². The third-order valence-corrected chi connectivity index (χ3v) is 4.09. The lowest BCUT2D eigenvalue weighted by Crippen LogP contribution is -2.30. The van der Waals surface area contributed by atoms with Crippen LogP contribution in [0.1, 0.15) is 17.5 Å². The van der Waals surface area contributed by atoms with Crippen LogP contribution in [0.3, 0.4) is 0 Å². The highest BCUT2D eigenvalue weighted by Gasteiger charge is 2.44. The van der Waals surface area contributed by atoms with E-state index in [1.54, 1.807) is 7.11 Å². The predicted molar refractivity (Wildman–Crippen MR) is 61.3 cm³/mol. The zero-order valence-electron chi connectivity index (χ0n) is 9.48. The summed E-state index contributed by atoms with van der Waals surface area (Å²) < 4.78 is 5.36. The molecule has 3 atom stereocenters. The maximum atomic E-state index is 11.8. The van der Waals surface area contributed by atoms with E-state index >= 15 is 0 Å². The number of hydrogen-bond acceptors (Lipinski definition) is 2. The van der Waals surface area contributed by atoms with E-state index in [-0.39, 0.29) is 6.10 Å². The van der Waals surface area contributed by atoms with Crippen LogP contribution >= 0.6 is 0 Å². The Balaban J connectivity index is 1.94. The zero-order chi connectivity index (χ0) is 11.1. The van der Waals surface area contributed by atoms with Crippen LogP contribution in [0.2, 0.25) is 0 Å². The molecule has 2 aliphatic rings. The lowest BCUT2D eigenvalue weighted by Gasteiger charge is -2.29. The summed E-state index contributed by atoms with van der Waals surface area (Å²) in [5.74, 6) is 1.21. The number of fused-ring (bicyclic) bond motifs is 2. The van der Waals surface area contributed by atoms with Gasteiger partial charge in [0.1, 0.15) is 6.10 Å². The second kappa shape index (κ2) is 3.70. The van der Waals surface area contributed by atoms with Crippen molar-refractivity contribution >= 4 is 5.78 Å². The van der Waals surface area contributed by atoms with Crippen LogP contribution < -0.4 is 0 Å². The maximum Gasteiger partial charge on any atom is 0.162 e. The van der Waals surface area contributed by atoms with Crippen LogP contribution in [0.5, 0.6) is 0 Å². The number of Topliss-reactive ketones (excluding diaryl/α,β-unsaturated/α-hetero) is 1. The molecule has 0 amide bonds. The van der Waals surface area contributed by atoms with E-state index in [4.69, 9.17) is 4.74 Å². The van der Waals surface area contributed by atoms with Crippen LogP contribution in [-0.2, 0) is 22.4 Å². The second-order valence-corrected chi connectivity index (χ2v) is 4.93. The molecule has 2 nitrogen and oxygen atoms in total. The van der Waals surface area contributed by atoms with E-state index in [1.165, 1.54) is 11.1 Å². The van der Waals surface area contributed by atoms with Crippen molar-refractivity contribution in [3.05, 3.63) is 35.4 Å². The van der Waals surface area contributed by atoms with Crippen LogP contribution in [0, 0.1) is 11.8 Å². The van der Waals surface area contributed by atoms with E-state index in [1.807, 2.05) is 0 Å². The normalized spacial score (nSPS) is 32.3. The summed E-state index contributed by atoms with van der Waals surface area (Å²) in [6.45, 7) is 0. The molecule has 0 saturated heterocycles. The first kappa shape index (κ1) is 10.0.